The largest absolute Gasteiger partial charge is 0.387 e. The van der Waals surface area contributed by atoms with Gasteiger partial charge in [-0.25, -0.2) is 4.98 Å². The molecule has 0 saturated carbocycles. The highest BCUT2D eigenvalue weighted by Crippen LogP contribution is 2.30. The molecule has 2 aromatic rings. The van der Waals surface area contributed by atoms with Crippen molar-refractivity contribution >= 4 is 11.0 Å². The number of hydrogen-bond donors (Lipinski definition) is 1. The van der Waals surface area contributed by atoms with Gasteiger partial charge in [-0.3, -0.25) is 0 Å². The third kappa shape index (κ3) is 2.05. The lowest BCUT2D eigenvalue weighted by Crippen LogP contribution is -2.39. The Hall–Kier alpha value is -1.39. The smallest absolute Gasteiger partial charge is 0.112 e. The predicted octanol–water partition coefficient (Wildman–Crippen LogP) is 2.14. The van der Waals surface area contributed by atoms with E-state index in [1.54, 1.807) is 0 Å². The number of para-hydroxylation sites is 2. The zero-order chi connectivity index (χ0) is 13.5. The Labute approximate surface area is 113 Å². The van der Waals surface area contributed by atoms with Gasteiger partial charge in [-0.2, -0.15) is 0 Å². The minimum atomic E-state index is -0.783. The molecule has 1 aliphatic heterocycles. The van der Waals surface area contributed by atoms with Crippen LogP contribution in [0.3, 0.4) is 0 Å². The van der Waals surface area contributed by atoms with Crippen molar-refractivity contribution in [3.05, 3.63) is 30.1 Å². The van der Waals surface area contributed by atoms with Crippen molar-refractivity contribution in [3.8, 4) is 0 Å². The van der Waals surface area contributed by atoms with E-state index in [4.69, 9.17) is 4.74 Å². The van der Waals surface area contributed by atoms with E-state index in [1.165, 1.54) is 0 Å². The second-order valence-electron chi connectivity index (χ2n) is 5.30. The van der Waals surface area contributed by atoms with E-state index < -0.39 is 5.60 Å². The van der Waals surface area contributed by atoms with Crippen molar-refractivity contribution in [3.63, 3.8) is 0 Å². The standard InChI is InChI=1S/C15H20N2O2/c1-3-17-13-7-5-4-6-12(13)16-14(17)10-15(18)8-9-19-11(15)2/h4-7,11,18H,3,8-10H2,1-2H3. The SMILES string of the molecule is CCn1c(CC2(O)CCOC2C)nc2ccccc21. The van der Waals surface area contributed by atoms with E-state index in [9.17, 15) is 5.11 Å². The normalized spacial score (nSPS) is 27.2. The molecule has 102 valence electrons. The molecule has 4 heteroatoms. The first-order valence-corrected chi connectivity index (χ1v) is 6.92. The maximum Gasteiger partial charge on any atom is 0.112 e. The van der Waals surface area contributed by atoms with E-state index in [2.05, 4.69) is 22.5 Å². The average molecular weight is 260 g/mol. The monoisotopic (exact) mass is 260 g/mol. The van der Waals surface area contributed by atoms with E-state index >= 15 is 0 Å². The van der Waals surface area contributed by atoms with Gasteiger partial charge in [0.2, 0.25) is 0 Å². The number of fused-ring (bicyclic) bond motifs is 1. The van der Waals surface area contributed by atoms with Crippen LogP contribution in [0.1, 0.15) is 26.1 Å². The molecular weight excluding hydrogens is 240 g/mol. The van der Waals surface area contributed by atoms with E-state index in [-0.39, 0.29) is 6.10 Å². The van der Waals surface area contributed by atoms with Gasteiger partial charge in [0.1, 0.15) is 5.82 Å². The number of aliphatic hydroxyl groups is 1. The lowest BCUT2D eigenvalue weighted by molar-refractivity contribution is -0.0285. The number of imidazole rings is 1. The van der Waals surface area contributed by atoms with Crippen LogP contribution in [-0.2, 0) is 17.7 Å². The van der Waals surface area contributed by atoms with E-state index in [0.29, 0.717) is 19.4 Å². The zero-order valence-corrected chi connectivity index (χ0v) is 11.5. The van der Waals surface area contributed by atoms with Crippen LogP contribution in [0.25, 0.3) is 11.0 Å². The lowest BCUT2D eigenvalue weighted by Gasteiger charge is -2.25. The first-order valence-electron chi connectivity index (χ1n) is 6.92. The van der Waals surface area contributed by atoms with Gasteiger partial charge in [0.15, 0.2) is 0 Å². The number of benzene rings is 1. The fourth-order valence-corrected chi connectivity index (χ4v) is 2.89. The highest BCUT2D eigenvalue weighted by Gasteiger charge is 2.40. The van der Waals surface area contributed by atoms with Crippen molar-refractivity contribution in [1.29, 1.82) is 0 Å². The fraction of sp³-hybridized carbons (Fsp3) is 0.533. The van der Waals surface area contributed by atoms with Crippen LogP contribution in [0, 0.1) is 0 Å². The van der Waals surface area contributed by atoms with Crippen LogP contribution in [0.5, 0.6) is 0 Å². The van der Waals surface area contributed by atoms with Gasteiger partial charge in [-0.05, 0) is 26.0 Å². The predicted molar refractivity (Wildman–Crippen MR) is 74.1 cm³/mol. The molecule has 0 spiro atoms. The molecule has 4 nitrogen and oxygen atoms in total. The van der Waals surface area contributed by atoms with Crippen LogP contribution in [-0.4, -0.2) is 33.0 Å². The molecule has 0 bridgehead atoms. The van der Waals surface area contributed by atoms with E-state index in [1.807, 2.05) is 25.1 Å². The Balaban J connectivity index is 2.01. The summed E-state index contributed by atoms with van der Waals surface area (Å²) in [4.78, 5) is 4.67. The molecule has 2 atom stereocenters. The van der Waals surface area contributed by atoms with Crippen molar-refractivity contribution in [2.24, 2.45) is 0 Å². The molecule has 1 aromatic carbocycles. The molecule has 2 heterocycles. The molecule has 1 aliphatic rings. The first kappa shape index (κ1) is 12.6. The average Bonchev–Trinajstić information content (AvgIpc) is 2.90. The van der Waals surface area contributed by atoms with Gasteiger partial charge >= 0.3 is 0 Å². The second kappa shape index (κ2) is 4.62. The first-order chi connectivity index (χ1) is 9.14. The number of aryl methyl sites for hydroxylation is 1. The van der Waals surface area contributed by atoms with Gasteiger partial charge in [0.05, 0.1) is 22.7 Å². The van der Waals surface area contributed by atoms with Crippen molar-refractivity contribution in [2.75, 3.05) is 6.61 Å². The van der Waals surface area contributed by atoms with Crippen LogP contribution in [0.2, 0.25) is 0 Å². The minimum absolute atomic E-state index is 0.127. The van der Waals surface area contributed by atoms with Crippen LogP contribution < -0.4 is 0 Å². The molecule has 1 N–H and O–H groups in total. The Kier molecular flexibility index (Phi) is 3.07. The Morgan fingerprint density at radius 2 is 2.26 bits per heavy atom. The van der Waals surface area contributed by atoms with Crippen LogP contribution in [0.4, 0.5) is 0 Å². The van der Waals surface area contributed by atoms with Gasteiger partial charge in [0.25, 0.3) is 0 Å². The molecular formula is C15H20N2O2. The number of rotatable bonds is 3. The summed E-state index contributed by atoms with van der Waals surface area (Å²) in [6.07, 6.45) is 1.11. The molecule has 19 heavy (non-hydrogen) atoms. The summed E-state index contributed by atoms with van der Waals surface area (Å²) < 4.78 is 7.68. The highest BCUT2D eigenvalue weighted by atomic mass is 16.5. The summed E-state index contributed by atoms with van der Waals surface area (Å²) in [6.45, 7) is 5.54. The molecule has 0 amide bonds. The maximum atomic E-state index is 10.7. The van der Waals surface area contributed by atoms with Crippen LogP contribution >= 0.6 is 0 Å². The highest BCUT2D eigenvalue weighted by molar-refractivity contribution is 5.75. The number of ether oxygens (including phenoxy) is 1. The van der Waals surface area contributed by atoms with Crippen molar-refractivity contribution in [1.82, 2.24) is 9.55 Å². The van der Waals surface area contributed by atoms with Crippen molar-refractivity contribution in [2.45, 2.75) is 44.9 Å². The second-order valence-corrected chi connectivity index (χ2v) is 5.30. The van der Waals surface area contributed by atoms with E-state index in [0.717, 1.165) is 23.4 Å². The summed E-state index contributed by atoms with van der Waals surface area (Å²) in [7, 11) is 0. The summed E-state index contributed by atoms with van der Waals surface area (Å²) in [5, 5.41) is 10.7. The maximum absolute atomic E-state index is 10.7. The Morgan fingerprint density at radius 3 is 2.95 bits per heavy atom. The van der Waals surface area contributed by atoms with Gasteiger partial charge in [-0.15, -0.1) is 0 Å². The van der Waals surface area contributed by atoms with Gasteiger partial charge in [0, 0.05) is 26.0 Å². The Morgan fingerprint density at radius 1 is 1.47 bits per heavy atom. The lowest BCUT2D eigenvalue weighted by atomic mass is 9.92. The number of nitrogens with zero attached hydrogens (tertiary/aromatic N) is 2. The summed E-state index contributed by atoms with van der Waals surface area (Å²) >= 11 is 0. The third-order valence-electron chi connectivity index (χ3n) is 4.17. The molecule has 0 aliphatic carbocycles. The van der Waals surface area contributed by atoms with Crippen molar-refractivity contribution < 1.29 is 9.84 Å². The molecule has 1 saturated heterocycles. The quantitative estimate of drug-likeness (QED) is 0.919. The minimum Gasteiger partial charge on any atom is -0.387 e. The molecule has 1 aromatic heterocycles. The van der Waals surface area contributed by atoms with Gasteiger partial charge < -0.3 is 14.4 Å². The third-order valence-corrected chi connectivity index (χ3v) is 4.17. The Bertz CT molecular complexity index is 593. The molecule has 1 fully saturated rings. The number of hydrogen-bond acceptors (Lipinski definition) is 3. The molecule has 3 rings (SSSR count). The molecule has 0 radical (unpaired) electrons. The molecule has 2 unspecified atom stereocenters. The summed E-state index contributed by atoms with van der Waals surface area (Å²) in [5.41, 5.74) is 1.35. The fourth-order valence-electron chi connectivity index (χ4n) is 2.89. The van der Waals surface area contributed by atoms with Gasteiger partial charge in [-0.1, -0.05) is 12.1 Å². The van der Waals surface area contributed by atoms with Crippen LogP contribution in [0.15, 0.2) is 24.3 Å². The topological polar surface area (TPSA) is 47.3 Å². The summed E-state index contributed by atoms with van der Waals surface area (Å²) in [6, 6.07) is 8.11. The number of aromatic nitrogens is 2. The summed E-state index contributed by atoms with van der Waals surface area (Å²) in [5.74, 6) is 0.948. The zero-order valence-electron chi connectivity index (χ0n) is 11.5.